The number of aromatic nitrogens is 1. The van der Waals surface area contributed by atoms with Crippen LogP contribution >= 0.6 is 0 Å². The Bertz CT molecular complexity index is 633. The number of fused-ring (bicyclic) bond motifs is 1. The lowest BCUT2D eigenvalue weighted by Crippen LogP contribution is -2.32. The van der Waals surface area contributed by atoms with Gasteiger partial charge in [-0.05, 0) is 20.8 Å². The molecule has 1 aromatic carbocycles. The van der Waals surface area contributed by atoms with Crippen molar-refractivity contribution in [1.82, 2.24) is 10.3 Å². The first-order chi connectivity index (χ1) is 9.37. The minimum Gasteiger partial charge on any atom is -0.505 e. The molecular formula is C15H18N2O3. The van der Waals surface area contributed by atoms with Crippen molar-refractivity contribution in [2.24, 2.45) is 0 Å². The van der Waals surface area contributed by atoms with Crippen LogP contribution in [0.25, 0.3) is 10.8 Å². The zero-order chi connectivity index (χ0) is 14.8. The minimum atomic E-state index is -0.553. The van der Waals surface area contributed by atoms with Gasteiger partial charge in [0.25, 0.3) is 0 Å². The maximum Gasteiger partial charge on any atom is 0.407 e. The first-order valence-corrected chi connectivity index (χ1v) is 6.39. The Balaban J connectivity index is 2.11. The molecule has 5 nitrogen and oxygen atoms in total. The summed E-state index contributed by atoms with van der Waals surface area (Å²) in [6.45, 7) is 5.49. The normalized spacial score (nSPS) is 11.3. The van der Waals surface area contributed by atoms with Crippen LogP contribution in [-0.2, 0) is 11.3 Å². The molecule has 0 unspecified atom stereocenters. The third kappa shape index (κ3) is 3.38. The van der Waals surface area contributed by atoms with E-state index >= 15 is 0 Å². The molecule has 0 fully saturated rings. The molecule has 2 aromatic rings. The number of amides is 1. The van der Waals surface area contributed by atoms with Crippen LogP contribution in [0.3, 0.4) is 0 Å². The molecule has 1 aromatic heterocycles. The van der Waals surface area contributed by atoms with Crippen LogP contribution in [0.5, 0.6) is 5.75 Å². The van der Waals surface area contributed by atoms with Gasteiger partial charge in [0.2, 0.25) is 0 Å². The summed E-state index contributed by atoms with van der Waals surface area (Å²) in [5, 5.41) is 14.3. The van der Waals surface area contributed by atoms with Gasteiger partial charge in [0, 0.05) is 17.0 Å². The van der Waals surface area contributed by atoms with E-state index < -0.39 is 11.7 Å². The fourth-order valence-corrected chi connectivity index (χ4v) is 1.79. The molecule has 2 N–H and O–H groups in total. The Morgan fingerprint density at radius 3 is 2.75 bits per heavy atom. The van der Waals surface area contributed by atoms with Crippen LogP contribution in [0.4, 0.5) is 4.79 Å². The van der Waals surface area contributed by atoms with Gasteiger partial charge in [0.05, 0.1) is 6.54 Å². The number of rotatable bonds is 2. The molecule has 0 atom stereocenters. The fourth-order valence-electron chi connectivity index (χ4n) is 1.79. The van der Waals surface area contributed by atoms with Crippen LogP contribution < -0.4 is 5.32 Å². The first-order valence-electron chi connectivity index (χ1n) is 6.39. The molecule has 0 radical (unpaired) electrons. The van der Waals surface area contributed by atoms with E-state index in [0.717, 1.165) is 5.39 Å². The quantitative estimate of drug-likeness (QED) is 0.883. The van der Waals surface area contributed by atoms with Crippen molar-refractivity contribution in [3.8, 4) is 5.75 Å². The molecular weight excluding hydrogens is 256 g/mol. The van der Waals surface area contributed by atoms with Crippen molar-refractivity contribution in [3.05, 3.63) is 36.2 Å². The van der Waals surface area contributed by atoms with Crippen molar-refractivity contribution >= 4 is 16.9 Å². The summed E-state index contributed by atoms with van der Waals surface area (Å²) in [7, 11) is 0. The molecule has 2 rings (SSSR count). The maximum absolute atomic E-state index is 11.6. The van der Waals surface area contributed by atoms with Crippen molar-refractivity contribution in [3.63, 3.8) is 0 Å². The van der Waals surface area contributed by atoms with Gasteiger partial charge >= 0.3 is 6.09 Å². The lowest BCUT2D eigenvalue weighted by Gasteiger charge is -2.19. The number of nitrogens with zero attached hydrogens (tertiary/aromatic N) is 1. The van der Waals surface area contributed by atoms with Gasteiger partial charge in [-0.2, -0.15) is 0 Å². The van der Waals surface area contributed by atoms with Gasteiger partial charge in [0.1, 0.15) is 17.0 Å². The average molecular weight is 274 g/mol. The van der Waals surface area contributed by atoms with E-state index in [2.05, 4.69) is 10.3 Å². The third-order valence-electron chi connectivity index (χ3n) is 2.65. The van der Waals surface area contributed by atoms with Crippen molar-refractivity contribution in [2.45, 2.75) is 32.9 Å². The molecule has 0 aliphatic heterocycles. The summed E-state index contributed by atoms with van der Waals surface area (Å²) in [6, 6.07) is 7.39. The number of carbonyl (C=O) groups excluding carboxylic acids is 1. The lowest BCUT2D eigenvalue weighted by atomic mass is 10.1. The van der Waals surface area contributed by atoms with E-state index in [4.69, 9.17) is 4.74 Å². The number of aromatic hydroxyl groups is 1. The second kappa shape index (κ2) is 5.36. The number of benzene rings is 1. The predicted octanol–water partition coefficient (Wildman–Crippen LogP) is 2.97. The van der Waals surface area contributed by atoms with Crippen molar-refractivity contribution in [2.75, 3.05) is 0 Å². The van der Waals surface area contributed by atoms with E-state index in [9.17, 15) is 9.90 Å². The van der Waals surface area contributed by atoms with E-state index in [1.807, 2.05) is 24.3 Å². The topological polar surface area (TPSA) is 71.5 Å². The molecule has 0 saturated carbocycles. The summed E-state index contributed by atoms with van der Waals surface area (Å²) >= 11 is 0. The second-order valence-electron chi connectivity index (χ2n) is 5.50. The highest BCUT2D eigenvalue weighted by Crippen LogP contribution is 2.26. The van der Waals surface area contributed by atoms with E-state index in [-0.39, 0.29) is 12.3 Å². The Labute approximate surface area is 117 Å². The highest BCUT2D eigenvalue weighted by molar-refractivity contribution is 5.88. The van der Waals surface area contributed by atoms with E-state index in [0.29, 0.717) is 11.1 Å². The smallest absolute Gasteiger partial charge is 0.407 e. The zero-order valence-corrected chi connectivity index (χ0v) is 11.8. The van der Waals surface area contributed by atoms with Gasteiger partial charge < -0.3 is 15.2 Å². The summed E-state index contributed by atoms with van der Waals surface area (Å²) in [4.78, 5) is 15.7. The summed E-state index contributed by atoms with van der Waals surface area (Å²) in [6.07, 6.45) is 1.13. The number of ether oxygens (including phenoxy) is 1. The molecule has 0 aliphatic carbocycles. The Hall–Kier alpha value is -2.30. The number of hydrogen-bond acceptors (Lipinski definition) is 4. The summed E-state index contributed by atoms with van der Waals surface area (Å²) in [5.74, 6) is 0.0826. The lowest BCUT2D eigenvalue weighted by molar-refractivity contribution is 0.0522. The van der Waals surface area contributed by atoms with Gasteiger partial charge in [-0.15, -0.1) is 0 Å². The summed E-state index contributed by atoms with van der Waals surface area (Å²) < 4.78 is 5.13. The molecule has 20 heavy (non-hydrogen) atoms. The van der Waals surface area contributed by atoms with Crippen molar-refractivity contribution < 1.29 is 14.6 Å². The van der Waals surface area contributed by atoms with Gasteiger partial charge in [-0.25, -0.2) is 4.79 Å². The van der Waals surface area contributed by atoms with Crippen LogP contribution in [0.1, 0.15) is 26.5 Å². The molecule has 0 bridgehead atoms. The highest BCUT2D eigenvalue weighted by Gasteiger charge is 2.16. The highest BCUT2D eigenvalue weighted by atomic mass is 16.6. The van der Waals surface area contributed by atoms with Crippen molar-refractivity contribution in [1.29, 1.82) is 0 Å². The fraction of sp³-hybridized carbons (Fsp3) is 0.333. The molecule has 5 heteroatoms. The van der Waals surface area contributed by atoms with Crippen LogP contribution in [0.2, 0.25) is 0 Å². The molecule has 1 heterocycles. The average Bonchev–Trinajstić information content (AvgIpc) is 2.36. The standard InChI is InChI=1S/C15H18N2O3/c1-15(2,3)20-14(19)17-9-12-13(18)11-7-5-4-6-10(11)8-16-12/h4-8,18H,9H2,1-3H3,(H,17,19). The van der Waals surface area contributed by atoms with Gasteiger partial charge in [-0.1, -0.05) is 24.3 Å². The number of hydrogen-bond donors (Lipinski definition) is 2. The maximum atomic E-state index is 11.6. The second-order valence-corrected chi connectivity index (χ2v) is 5.50. The molecule has 0 aliphatic rings. The number of carbonyl (C=O) groups is 1. The predicted molar refractivity (Wildman–Crippen MR) is 76.5 cm³/mol. The zero-order valence-electron chi connectivity index (χ0n) is 11.8. The van der Waals surface area contributed by atoms with Crippen LogP contribution in [0.15, 0.2) is 30.5 Å². The number of pyridine rings is 1. The summed E-state index contributed by atoms with van der Waals surface area (Å²) in [5.41, 5.74) is -0.141. The molecule has 1 amide bonds. The first kappa shape index (κ1) is 14.1. The minimum absolute atomic E-state index is 0.0826. The Morgan fingerprint density at radius 2 is 2.05 bits per heavy atom. The largest absolute Gasteiger partial charge is 0.505 e. The van der Waals surface area contributed by atoms with Gasteiger partial charge in [-0.3, -0.25) is 4.98 Å². The van der Waals surface area contributed by atoms with E-state index in [1.54, 1.807) is 27.0 Å². The molecule has 106 valence electrons. The molecule has 0 spiro atoms. The van der Waals surface area contributed by atoms with Crippen LogP contribution in [-0.4, -0.2) is 21.8 Å². The Morgan fingerprint density at radius 1 is 1.35 bits per heavy atom. The molecule has 0 saturated heterocycles. The number of alkyl carbamates (subject to hydrolysis) is 1. The number of nitrogens with one attached hydrogen (secondary N) is 1. The van der Waals surface area contributed by atoms with Crippen LogP contribution in [0, 0.1) is 0 Å². The monoisotopic (exact) mass is 274 g/mol. The van der Waals surface area contributed by atoms with E-state index in [1.165, 1.54) is 0 Å². The SMILES string of the molecule is CC(C)(C)OC(=O)NCc1ncc2ccccc2c1O. The van der Waals surface area contributed by atoms with Gasteiger partial charge in [0.15, 0.2) is 0 Å². The third-order valence-corrected chi connectivity index (χ3v) is 2.65. The Kier molecular flexibility index (Phi) is 3.79.